The van der Waals surface area contributed by atoms with E-state index in [2.05, 4.69) is 49.9 Å². The number of aryl methyl sites for hydroxylation is 1. The fraction of sp³-hybridized carbons (Fsp3) is 0.500. The molecule has 2 nitrogen and oxygen atoms in total. The van der Waals surface area contributed by atoms with Gasteiger partial charge in [0.15, 0.2) is 0 Å². The Kier molecular flexibility index (Phi) is 2.85. The first-order valence-corrected chi connectivity index (χ1v) is 5.80. The maximum Gasteiger partial charge on any atom is 0.148 e. The van der Waals surface area contributed by atoms with E-state index < -0.39 is 0 Å². The van der Waals surface area contributed by atoms with Crippen molar-refractivity contribution in [1.82, 2.24) is 4.90 Å². The Morgan fingerprint density at radius 2 is 2.12 bits per heavy atom. The molecular weight excluding hydrogens is 198 g/mol. The van der Waals surface area contributed by atoms with Gasteiger partial charge in [-0.05, 0) is 26.3 Å². The van der Waals surface area contributed by atoms with Crippen molar-refractivity contribution in [3.8, 4) is 0 Å². The first kappa shape index (κ1) is 11.3. The van der Waals surface area contributed by atoms with Gasteiger partial charge in [0, 0.05) is 18.5 Å². The zero-order valence-corrected chi connectivity index (χ0v) is 10.3. The predicted octanol–water partition coefficient (Wildman–Crippen LogP) is 2.55. The second kappa shape index (κ2) is 4.02. The Bertz CT molecular complexity index is 409. The molecule has 86 valence electrons. The molecule has 1 fully saturated rings. The van der Waals surface area contributed by atoms with Crippen molar-refractivity contribution in [2.24, 2.45) is 0 Å². The molecule has 1 heterocycles. The summed E-state index contributed by atoms with van der Waals surface area (Å²) in [6, 6.07) is 8.50. The lowest BCUT2D eigenvalue weighted by atomic mass is 10.0. The predicted molar refractivity (Wildman–Crippen MR) is 65.3 cm³/mol. The second-order valence-electron chi connectivity index (χ2n) is 5.37. The lowest BCUT2D eigenvalue weighted by Gasteiger charge is -2.30. The maximum atomic E-state index is 11.5. The van der Waals surface area contributed by atoms with Crippen LogP contribution in [0.5, 0.6) is 0 Å². The van der Waals surface area contributed by atoms with Crippen LogP contribution in [0.4, 0.5) is 0 Å². The number of ketones is 1. The minimum Gasteiger partial charge on any atom is -0.298 e. The van der Waals surface area contributed by atoms with Crippen molar-refractivity contribution in [1.29, 1.82) is 0 Å². The molecule has 2 heteroatoms. The summed E-state index contributed by atoms with van der Waals surface area (Å²) in [6.45, 7) is 7.87. The highest BCUT2D eigenvalue weighted by Gasteiger charge is 2.36. The van der Waals surface area contributed by atoms with Crippen LogP contribution in [0.2, 0.25) is 0 Å². The molecule has 2 rings (SSSR count). The molecule has 1 aromatic carbocycles. The molecule has 0 unspecified atom stereocenters. The Hall–Kier alpha value is -1.15. The van der Waals surface area contributed by atoms with E-state index in [1.807, 2.05) is 0 Å². The summed E-state index contributed by atoms with van der Waals surface area (Å²) in [5.41, 5.74) is 2.59. The van der Waals surface area contributed by atoms with Crippen molar-refractivity contribution < 1.29 is 4.79 Å². The van der Waals surface area contributed by atoms with Gasteiger partial charge in [0.2, 0.25) is 0 Å². The van der Waals surface area contributed by atoms with Crippen molar-refractivity contribution in [3.05, 3.63) is 35.4 Å². The van der Waals surface area contributed by atoms with Crippen LogP contribution in [-0.4, -0.2) is 22.8 Å². The van der Waals surface area contributed by atoms with Gasteiger partial charge in [-0.3, -0.25) is 9.69 Å². The first-order chi connectivity index (χ1) is 7.47. The zero-order chi connectivity index (χ0) is 11.8. The smallest absolute Gasteiger partial charge is 0.148 e. The van der Waals surface area contributed by atoms with Gasteiger partial charge >= 0.3 is 0 Å². The first-order valence-electron chi connectivity index (χ1n) is 5.80. The van der Waals surface area contributed by atoms with Gasteiger partial charge in [0.25, 0.3) is 0 Å². The fourth-order valence-electron chi connectivity index (χ4n) is 2.38. The van der Waals surface area contributed by atoms with Crippen LogP contribution in [0.25, 0.3) is 0 Å². The third kappa shape index (κ3) is 2.33. The standard InChI is InChI=1S/C14H19NO/c1-11-5-4-6-12(7-11)9-15-10-13(16)8-14(15,2)3/h4-7H,8-10H2,1-3H3. The van der Waals surface area contributed by atoms with E-state index >= 15 is 0 Å². The summed E-state index contributed by atoms with van der Waals surface area (Å²) >= 11 is 0. The summed E-state index contributed by atoms with van der Waals surface area (Å²) in [6.07, 6.45) is 0.679. The summed E-state index contributed by atoms with van der Waals surface area (Å²) < 4.78 is 0. The fourth-order valence-corrected chi connectivity index (χ4v) is 2.38. The summed E-state index contributed by atoms with van der Waals surface area (Å²) in [5, 5.41) is 0. The number of rotatable bonds is 2. The molecule has 0 saturated carbocycles. The van der Waals surface area contributed by atoms with E-state index in [0.717, 1.165) is 6.54 Å². The number of benzene rings is 1. The van der Waals surface area contributed by atoms with Gasteiger partial charge in [-0.2, -0.15) is 0 Å². The highest BCUT2D eigenvalue weighted by atomic mass is 16.1. The van der Waals surface area contributed by atoms with Gasteiger partial charge in [-0.15, -0.1) is 0 Å². The SMILES string of the molecule is Cc1cccc(CN2CC(=O)CC2(C)C)c1. The minimum absolute atomic E-state index is 0.0147. The summed E-state index contributed by atoms with van der Waals surface area (Å²) in [4.78, 5) is 13.8. The molecule has 0 bridgehead atoms. The van der Waals surface area contributed by atoms with Gasteiger partial charge in [-0.25, -0.2) is 0 Å². The summed E-state index contributed by atoms with van der Waals surface area (Å²) in [5.74, 6) is 0.359. The topological polar surface area (TPSA) is 20.3 Å². The Labute approximate surface area is 97.3 Å². The minimum atomic E-state index is 0.0147. The van der Waals surface area contributed by atoms with Gasteiger partial charge in [-0.1, -0.05) is 29.8 Å². The van der Waals surface area contributed by atoms with E-state index in [-0.39, 0.29) is 5.54 Å². The van der Waals surface area contributed by atoms with Crippen molar-refractivity contribution in [2.75, 3.05) is 6.54 Å². The monoisotopic (exact) mass is 217 g/mol. The zero-order valence-electron chi connectivity index (χ0n) is 10.3. The molecule has 0 aromatic heterocycles. The largest absolute Gasteiger partial charge is 0.298 e. The Morgan fingerprint density at radius 3 is 2.69 bits per heavy atom. The Morgan fingerprint density at radius 1 is 1.38 bits per heavy atom. The lowest BCUT2D eigenvalue weighted by molar-refractivity contribution is -0.117. The number of carbonyl (C=O) groups excluding carboxylic acids is 1. The Balaban J connectivity index is 2.13. The van der Waals surface area contributed by atoms with Crippen LogP contribution in [0.1, 0.15) is 31.4 Å². The number of Topliss-reactive ketones (excluding diaryl/α,β-unsaturated/α-hetero) is 1. The molecule has 0 amide bonds. The molecular formula is C14H19NO. The molecule has 0 radical (unpaired) electrons. The second-order valence-corrected chi connectivity index (χ2v) is 5.37. The van der Waals surface area contributed by atoms with Crippen LogP contribution in [-0.2, 0) is 11.3 Å². The molecule has 1 aromatic rings. The highest BCUT2D eigenvalue weighted by Crippen LogP contribution is 2.27. The molecule has 0 atom stereocenters. The van der Waals surface area contributed by atoms with Crippen LogP contribution < -0.4 is 0 Å². The van der Waals surface area contributed by atoms with E-state index in [4.69, 9.17) is 0 Å². The van der Waals surface area contributed by atoms with E-state index in [1.54, 1.807) is 0 Å². The van der Waals surface area contributed by atoms with Crippen molar-refractivity contribution >= 4 is 5.78 Å². The molecule has 0 N–H and O–H groups in total. The van der Waals surface area contributed by atoms with Gasteiger partial charge < -0.3 is 0 Å². The van der Waals surface area contributed by atoms with Gasteiger partial charge in [0.05, 0.1) is 6.54 Å². The average molecular weight is 217 g/mol. The third-order valence-corrected chi connectivity index (χ3v) is 3.31. The van der Waals surface area contributed by atoms with Crippen LogP contribution in [0.3, 0.4) is 0 Å². The van der Waals surface area contributed by atoms with E-state index in [9.17, 15) is 4.79 Å². The van der Waals surface area contributed by atoms with Crippen LogP contribution in [0, 0.1) is 6.92 Å². The number of nitrogens with zero attached hydrogens (tertiary/aromatic N) is 1. The molecule has 0 aliphatic carbocycles. The number of hydrogen-bond acceptors (Lipinski definition) is 2. The molecule has 1 aliphatic rings. The number of carbonyl (C=O) groups is 1. The molecule has 1 aliphatic heterocycles. The maximum absolute atomic E-state index is 11.5. The average Bonchev–Trinajstić information content (AvgIpc) is 2.39. The van der Waals surface area contributed by atoms with E-state index in [0.29, 0.717) is 18.7 Å². The molecule has 0 spiro atoms. The quantitative estimate of drug-likeness (QED) is 0.758. The lowest BCUT2D eigenvalue weighted by Crippen LogP contribution is -2.37. The van der Waals surface area contributed by atoms with Crippen LogP contribution >= 0.6 is 0 Å². The van der Waals surface area contributed by atoms with E-state index in [1.165, 1.54) is 11.1 Å². The number of likely N-dealkylation sites (tertiary alicyclic amines) is 1. The van der Waals surface area contributed by atoms with Crippen LogP contribution in [0.15, 0.2) is 24.3 Å². The van der Waals surface area contributed by atoms with Gasteiger partial charge in [0.1, 0.15) is 5.78 Å². The third-order valence-electron chi connectivity index (χ3n) is 3.31. The summed E-state index contributed by atoms with van der Waals surface area (Å²) in [7, 11) is 0. The highest BCUT2D eigenvalue weighted by molar-refractivity contribution is 5.84. The molecule has 16 heavy (non-hydrogen) atoms. The normalized spacial score (nSPS) is 20.3. The molecule has 1 saturated heterocycles. The van der Waals surface area contributed by atoms with Crippen molar-refractivity contribution in [2.45, 2.75) is 39.3 Å². The number of hydrogen-bond donors (Lipinski definition) is 0. The van der Waals surface area contributed by atoms with Crippen molar-refractivity contribution in [3.63, 3.8) is 0 Å².